The molecule has 2 aromatic rings. The van der Waals surface area contributed by atoms with E-state index in [4.69, 9.17) is 5.73 Å². The van der Waals surface area contributed by atoms with Crippen molar-refractivity contribution in [2.24, 2.45) is 5.73 Å². The van der Waals surface area contributed by atoms with Crippen LogP contribution in [-0.4, -0.2) is 4.98 Å². The first-order chi connectivity index (χ1) is 8.70. The summed E-state index contributed by atoms with van der Waals surface area (Å²) < 4.78 is 0. The second kappa shape index (κ2) is 5.78. The molecular weight excluding hydrogens is 220 g/mol. The summed E-state index contributed by atoms with van der Waals surface area (Å²) in [5, 5.41) is 0. The molecule has 1 aromatic carbocycles. The lowest BCUT2D eigenvalue weighted by molar-refractivity contribution is 0.855. The van der Waals surface area contributed by atoms with Gasteiger partial charge in [-0.05, 0) is 36.1 Å². The van der Waals surface area contributed by atoms with Gasteiger partial charge in [0.1, 0.15) is 0 Å². The van der Waals surface area contributed by atoms with Crippen LogP contribution in [0.1, 0.15) is 41.8 Å². The molecule has 1 aromatic heterocycles. The van der Waals surface area contributed by atoms with E-state index in [0.717, 1.165) is 23.2 Å². The maximum atomic E-state index is 6.25. The van der Waals surface area contributed by atoms with Gasteiger partial charge in [0.2, 0.25) is 0 Å². The Morgan fingerprint density at radius 2 is 1.72 bits per heavy atom. The number of hydrogen-bond donors (Lipinski definition) is 1. The maximum absolute atomic E-state index is 6.25. The topological polar surface area (TPSA) is 38.9 Å². The van der Waals surface area contributed by atoms with E-state index in [2.05, 4.69) is 36.2 Å². The lowest BCUT2D eigenvalue weighted by atomic mass is 9.99. The van der Waals surface area contributed by atoms with Crippen LogP contribution in [0, 0.1) is 6.92 Å². The van der Waals surface area contributed by atoms with Gasteiger partial charge in [0.15, 0.2) is 0 Å². The maximum Gasteiger partial charge on any atom is 0.0566 e. The third-order valence-corrected chi connectivity index (χ3v) is 3.17. The van der Waals surface area contributed by atoms with Crippen LogP contribution in [0.3, 0.4) is 0 Å². The van der Waals surface area contributed by atoms with Crippen molar-refractivity contribution in [2.75, 3.05) is 0 Å². The van der Waals surface area contributed by atoms with Crippen molar-refractivity contribution < 1.29 is 0 Å². The van der Waals surface area contributed by atoms with E-state index < -0.39 is 0 Å². The lowest BCUT2D eigenvalue weighted by Gasteiger charge is -2.13. The molecule has 0 aliphatic rings. The molecule has 0 spiro atoms. The summed E-state index contributed by atoms with van der Waals surface area (Å²) in [5.74, 6) is 0. The first kappa shape index (κ1) is 12.8. The predicted molar refractivity (Wildman–Crippen MR) is 75.4 cm³/mol. The van der Waals surface area contributed by atoms with Crippen molar-refractivity contribution in [3.05, 3.63) is 65.0 Å². The van der Waals surface area contributed by atoms with Gasteiger partial charge in [-0.15, -0.1) is 0 Å². The van der Waals surface area contributed by atoms with E-state index in [1.807, 2.05) is 25.3 Å². The molecule has 0 fully saturated rings. The first-order valence-corrected chi connectivity index (χ1v) is 6.47. The summed E-state index contributed by atoms with van der Waals surface area (Å²) in [6.45, 7) is 4.17. The number of nitrogens with two attached hydrogens (primary N) is 1. The fourth-order valence-corrected chi connectivity index (χ4v) is 2.04. The minimum Gasteiger partial charge on any atom is -0.320 e. The zero-order chi connectivity index (χ0) is 13.0. The third-order valence-electron chi connectivity index (χ3n) is 3.17. The molecule has 2 nitrogen and oxygen atoms in total. The van der Waals surface area contributed by atoms with Crippen molar-refractivity contribution in [3.8, 4) is 0 Å². The SMILES string of the molecule is CCCc1ccc(C(N)c2ccc(C)nc2)cc1. The molecule has 1 heterocycles. The summed E-state index contributed by atoms with van der Waals surface area (Å²) in [4.78, 5) is 4.29. The molecule has 18 heavy (non-hydrogen) atoms. The molecule has 0 bridgehead atoms. The second-order valence-corrected chi connectivity index (χ2v) is 4.70. The highest BCUT2D eigenvalue weighted by molar-refractivity contribution is 5.32. The summed E-state index contributed by atoms with van der Waals surface area (Å²) in [5.41, 5.74) is 10.8. The average molecular weight is 240 g/mol. The minimum absolute atomic E-state index is 0.0891. The standard InChI is InChI=1S/C16H20N2/c1-3-4-13-6-9-14(10-7-13)16(17)15-8-5-12(2)18-11-15/h5-11,16H,3-4,17H2,1-2H3. The molecule has 1 unspecified atom stereocenters. The quantitative estimate of drug-likeness (QED) is 0.889. The van der Waals surface area contributed by atoms with Gasteiger partial charge in [0, 0.05) is 11.9 Å². The Morgan fingerprint density at radius 3 is 2.28 bits per heavy atom. The van der Waals surface area contributed by atoms with E-state index in [1.165, 1.54) is 12.0 Å². The molecule has 2 heteroatoms. The molecule has 0 aliphatic carbocycles. The Hall–Kier alpha value is -1.67. The highest BCUT2D eigenvalue weighted by atomic mass is 14.7. The summed E-state index contributed by atoms with van der Waals surface area (Å²) in [6.07, 6.45) is 4.16. The van der Waals surface area contributed by atoms with Crippen LogP contribution in [0.4, 0.5) is 0 Å². The van der Waals surface area contributed by atoms with Gasteiger partial charge in [0.05, 0.1) is 6.04 Å². The van der Waals surface area contributed by atoms with Crippen molar-refractivity contribution in [2.45, 2.75) is 32.7 Å². The Balaban J connectivity index is 2.17. The average Bonchev–Trinajstić information content (AvgIpc) is 2.40. The monoisotopic (exact) mass is 240 g/mol. The predicted octanol–water partition coefficient (Wildman–Crippen LogP) is 3.39. The van der Waals surface area contributed by atoms with E-state index >= 15 is 0 Å². The molecule has 0 aliphatic heterocycles. The molecule has 1 atom stereocenters. The van der Waals surface area contributed by atoms with Crippen LogP contribution in [0.15, 0.2) is 42.6 Å². The molecule has 2 N–H and O–H groups in total. The molecule has 94 valence electrons. The number of hydrogen-bond acceptors (Lipinski definition) is 2. The second-order valence-electron chi connectivity index (χ2n) is 4.70. The van der Waals surface area contributed by atoms with Gasteiger partial charge in [-0.25, -0.2) is 0 Å². The highest BCUT2D eigenvalue weighted by Crippen LogP contribution is 2.19. The highest BCUT2D eigenvalue weighted by Gasteiger charge is 2.08. The van der Waals surface area contributed by atoms with Gasteiger partial charge in [-0.3, -0.25) is 4.98 Å². The molecule has 0 amide bonds. The van der Waals surface area contributed by atoms with Gasteiger partial charge < -0.3 is 5.73 Å². The Labute approximate surface area is 109 Å². The van der Waals surface area contributed by atoms with E-state index in [-0.39, 0.29) is 6.04 Å². The number of aryl methyl sites for hydroxylation is 2. The van der Waals surface area contributed by atoms with Crippen LogP contribution >= 0.6 is 0 Å². The summed E-state index contributed by atoms with van der Waals surface area (Å²) in [6, 6.07) is 12.5. The van der Waals surface area contributed by atoms with Crippen molar-refractivity contribution >= 4 is 0 Å². The van der Waals surface area contributed by atoms with Crippen LogP contribution in [0.25, 0.3) is 0 Å². The van der Waals surface area contributed by atoms with E-state index in [1.54, 1.807) is 0 Å². The van der Waals surface area contributed by atoms with E-state index in [9.17, 15) is 0 Å². The Bertz CT molecular complexity index is 486. The van der Waals surface area contributed by atoms with Gasteiger partial charge in [0.25, 0.3) is 0 Å². The molecule has 0 saturated heterocycles. The van der Waals surface area contributed by atoms with Gasteiger partial charge in [-0.2, -0.15) is 0 Å². The smallest absolute Gasteiger partial charge is 0.0566 e. The molecule has 0 saturated carbocycles. The van der Waals surface area contributed by atoms with Crippen LogP contribution in [0.2, 0.25) is 0 Å². The minimum atomic E-state index is -0.0891. The van der Waals surface area contributed by atoms with Crippen LogP contribution < -0.4 is 5.73 Å². The van der Waals surface area contributed by atoms with Gasteiger partial charge in [-0.1, -0.05) is 43.7 Å². The summed E-state index contributed by atoms with van der Waals surface area (Å²) in [7, 11) is 0. The fourth-order valence-electron chi connectivity index (χ4n) is 2.04. The van der Waals surface area contributed by atoms with E-state index in [0.29, 0.717) is 0 Å². The van der Waals surface area contributed by atoms with Gasteiger partial charge >= 0.3 is 0 Å². The molecular formula is C16H20N2. The lowest BCUT2D eigenvalue weighted by Crippen LogP contribution is -2.12. The fraction of sp³-hybridized carbons (Fsp3) is 0.312. The number of benzene rings is 1. The van der Waals surface area contributed by atoms with Crippen LogP contribution in [0.5, 0.6) is 0 Å². The first-order valence-electron chi connectivity index (χ1n) is 6.47. The largest absolute Gasteiger partial charge is 0.320 e. The molecule has 0 radical (unpaired) electrons. The zero-order valence-electron chi connectivity index (χ0n) is 11.1. The zero-order valence-corrected chi connectivity index (χ0v) is 11.1. The summed E-state index contributed by atoms with van der Waals surface area (Å²) >= 11 is 0. The number of pyridine rings is 1. The van der Waals surface area contributed by atoms with Crippen LogP contribution in [-0.2, 0) is 6.42 Å². The third kappa shape index (κ3) is 2.96. The Morgan fingerprint density at radius 1 is 1.06 bits per heavy atom. The van der Waals surface area contributed by atoms with Crippen molar-refractivity contribution in [3.63, 3.8) is 0 Å². The Kier molecular flexibility index (Phi) is 4.11. The number of rotatable bonds is 4. The number of aromatic nitrogens is 1. The van der Waals surface area contributed by atoms with Crippen molar-refractivity contribution in [1.29, 1.82) is 0 Å². The number of nitrogens with zero attached hydrogens (tertiary/aromatic N) is 1. The molecule has 2 rings (SSSR count). The van der Waals surface area contributed by atoms with Crippen molar-refractivity contribution in [1.82, 2.24) is 4.98 Å². The normalized spacial score (nSPS) is 12.4.